The number of rotatable bonds is 3. The van der Waals surface area contributed by atoms with E-state index in [1.165, 1.54) is 13.3 Å². The van der Waals surface area contributed by atoms with Gasteiger partial charge in [-0.15, -0.1) is 0 Å². The highest BCUT2D eigenvalue weighted by Gasteiger charge is 2.40. The topological polar surface area (TPSA) is 101 Å². The van der Waals surface area contributed by atoms with Crippen molar-refractivity contribution in [1.29, 1.82) is 0 Å². The van der Waals surface area contributed by atoms with Gasteiger partial charge in [0.25, 0.3) is 11.8 Å². The molecule has 1 aromatic carbocycles. The summed E-state index contributed by atoms with van der Waals surface area (Å²) < 4.78 is 5.21. The fourth-order valence-corrected chi connectivity index (χ4v) is 3.40. The van der Waals surface area contributed by atoms with Crippen LogP contribution in [0.2, 0.25) is 0 Å². The lowest BCUT2D eigenvalue weighted by Gasteiger charge is -2.14. The number of benzene rings is 1. The second kappa shape index (κ2) is 5.98. The fraction of sp³-hybridized carbons (Fsp3) is 0.0500. The second-order valence-electron chi connectivity index (χ2n) is 6.23. The van der Waals surface area contributed by atoms with Crippen LogP contribution in [0.1, 0.15) is 20.7 Å². The number of nitrogens with zero attached hydrogens (tertiary/aromatic N) is 4. The number of anilines is 1. The molecule has 8 heteroatoms. The first-order valence-corrected chi connectivity index (χ1v) is 8.49. The number of carbonyl (C=O) groups is 2. The Balaban J connectivity index is 1.72. The summed E-state index contributed by atoms with van der Waals surface area (Å²) in [6.07, 6.45) is 4.71. The molecule has 28 heavy (non-hydrogen) atoms. The number of aromatic nitrogens is 4. The van der Waals surface area contributed by atoms with E-state index >= 15 is 0 Å². The van der Waals surface area contributed by atoms with Gasteiger partial charge in [0, 0.05) is 30.2 Å². The Labute approximate surface area is 158 Å². The van der Waals surface area contributed by atoms with E-state index in [4.69, 9.17) is 4.74 Å². The predicted molar refractivity (Wildman–Crippen MR) is 101 cm³/mol. The van der Waals surface area contributed by atoms with Crippen LogP contribution in [0.25, 0.3) is 22.3 Å². The molecule has 136 valence electrons. The van der Waals surface area contributed by atoms with E-state index in [-0.39, 0.29) is 11.1 Å². The SMILES string of the molecule is COc1cccc(N2C(=O)c3cnc4n[nH]c(-c5cccnc5)c4c3C2=O)c1. The number of nitrogens with one attached hydrogen (secondary N) is 1. The first kappa shape index (κ1) is 16.1. The van der Waals surface area contributed by atoms with E-state index in [0.717, 1.165) is 10.5 Å². The Kier molecular flexibility index (Phi) is 3.45. The van der Waals surface area contributed by atoms with Gasteiger partial charge in [-0.1, -0.05) is 6.07 Å². The molecule has 0 bridgehead atoms. The van der Waals surface area contributed by atoms with Gasteiger partial charge in [-0.05, 0) is 24.3 Å². The van der Waals surface area contributed by atoms with Crippen LogP contribution >= 0.6 is 0 Å². The van der Waals surface area contributed by atoms with E-state index in [0.29, 0.717) is 28.2 Å². The van der Waals surface area contributed by atoms with E-state index in [1.54, 1.807) is 42.7 Å². The summed E-state index contributed by atoms with van der Waals surface area (Å²) in [6, 6.07) is 10.4. The molecule has 0 radical (unpaired) electrons. The molecule has 4 heterocycles. The highest BCUT2D eigenvalue weighted by Crippen LogP contribution is 2.36. The molecular weight excluding hydrogens is 358 g/mol. The third kappa shape index (κ3) is 2.21. The number of carbonyl (C=O) groups excluding carboxylic acids is 2. The first-order valence-electron chi connectivity index (χ1n) is 8.49. The van der Waals surface area contributed by atoms with Crippen molar-refractivity contribution in [3.8, 4) is 17.0 Å². The first-order chi connectivity index (χ1) is 13.7. The van der Waals surface area contributed by atoms with Crippen LogP contribution in [0, 0.1) is 0 Å². The normalized spacial score (nSPS) is 13.2. The molecule has 0 saturated carbocycles. The highest BCUT2D eigenvalue weighted by molar-refractivity contribution is 6.38. The molecule has 0 aliphatic carbocycles. The molecule has 0 saturated heterocycles. The van der Waals surface area contributed by atoms with Gasteiger partial charge >= 0.3 is 0 Å². The number of amides is 2. The van der Waals surface area contributed by atoms with E-state index in [2.05, 4.69) is 20.2 Å². The van der Waals surface area contributed by atoms with E-state index < -0.39 is 11.8 Å². The maximum atomic E-state index is 13.3. The van der Waals surface area contributed by atoms with Gasteiger partial charge in [0.05, 0.1) is 35.0 Å². The number of pyridine rings is 2. The smallest absolute Gasteiger partial charge is 0.267 e. The van der Waals surface area contributed by atoms with Gasteiger partial charge in [0.15, 0.2) is 5.65 Å². The van der Waals surface area contributed by atoms with Gasteiger partial charge in [0.1, 0.15) is 5.75 Å². The average Bonchev–Trinajstić information content (AvgIpc) is 3.28. The molecule has 1 N–H and O–H groups in total. The predicted octanol–water partition coefficient (Wildman–Crippen LogP) is 2.83. The molecule has 3 aromatic heterocycles. The summed E-state index contributed by atoms with van der Waals surface area (Å²) in [4.78, 5) is 35.8. The van der Waals surface area contributed by atoms with E-state index in [9.17, 15) is 9.59 Å². The van der Waals surface area contributed by atoms with Gasteiger partial charge in [-0.3, -0.25) is 19.7 Å². The van der Waals surface area contributed by atoms with Crippen LogP contribution in [0.4, 0.5) is 5.69 Å². The highest BCUT2D eigenvalue weighted by atomic mass is 16.5. The summed E-state index contributed by atoms with van der Waals surface area (Å²) in [5.41, 5.74) is 2.68. The number of hydrogen-bond acceptors (Lipinski definition) is 6. The van der Waals surface area contributed by atoms with Crippen molar-refractivity contribution in [1.82, 2.24) is 20.2 Å². The van der Waals surface area contributed by atoms with Crippen LogP contribution in [0.5, 0.6) is 5.75 Å². The molecular formula is C20H13N5O3. The van der Waals surface area contributed by atoms with Crippen molar-refractivity contribution >= 4 is 28.5 Å². The van der Waals surface area contributed by atoms with Crippen molar-refractivity contribution < 1.29 is 14.3 Å². The number of imide groups is 1. The molecule has 4 aromatic rings. The Morgan fingerprint density at radius 3 is 2.75 bits per heavy atom. The zero-order valence-electron chi connectivity index (χ0n) is 14.7. The van der Waals surface area contributed by atoms with Crippen molar-refractivity contribution in [3.05, 3.63) is 66.1 Å². The largest absolute Gasteiger partial charge is 0.497 e. The standard InChI is InChI=1S/C20H13N5O3/c1-28-13-6-2-5-12(8-13)25-19(26)14-10-22-18-16(15(14)20(25)27)17(23-24-18)11-4-3-7-21-9-11/h2-10H,1H3,(H,22,23,24). The monoisotopic (exact) mass is 371 g/mol. The van der Waals surface area contributed by atoms with Gasteiger partial charge < -0.3 is 4.74 Å². The second-order valence-corrected chi connectivity index (χ2v) is 6.23. The number of aromatic amines is 1. The maximum absolute atomic E-state index is 13.3. The Morgan fingerprint density at radius 2 is 1.96 bits per heavy atom. The fourth-order valence-electron chi connectivity index (χ4n) is 3.40. The minimum absolute atomic E-state index is 0.242. The molecule has 0 fully saturated rings. The summed E-state index contributed by atoms with van der Waals surface area (Å²) in [5, 5.41) is 7.61. The van der Waals surface area contributed by atoms with Crippen molar-refractivity contribution in [2.75, 3.05) is 12.0 Å². The number of methoxy groups -OCH3 is 1. The Morgan fingerprint density at radius 1 is 1.07 bits per heavy atom. The van der Waals surface area contributed by atoms with Crippen LogP contribution in [-0.4, -0.2) is 39.1 Å². The molecule has 2 amide bonds. The van der Waals surface area contributed by atoms with Crippen molar-refractivity contribution in [3.63, 3.8) is 0 Å². The Hall–Kier alpha value is -4.07. The summed E-state index contributed by atoms with van der Waals surface area (Å²) in [6.45, 7) is 0. The lowest BCUT2D eigenvalue weighted by Crippen LogP contribution is -2.29. The molecule has 0 atom stereocenters. The molecule has 0 spiro atoms. The molecule has 1 aliphatic rings. The van der Waals surface area contributed by atoms with Crippen LogP contribution in [-0.2, 0) is 0 Å². The van der Waals surface area contributed by atoms with Crippen LogP contribution in [0.15, 0.2) is 55.0 Å². The van der Waals surface area contributed by atoms with Gasteiger partial charge in [-0.2, -0.15) is 5.10 Å². The number of fused-ring (bicyclic) bond motifs is 3. The number of hydrogen-bond donors (Lipinski definition) is 1. The third-order valence-electron chi connectivity index (χ3n) is 4.69. The molecule has 5 rings (SSSR count). The number of ether oxygens (including phenoxy) is 1. The Bertz CT molecular complexity index is 1250. The lowest BCUT2D eigenvalue weighted by molar-refractivity contribution is 0.0926. The minimum Gasteiger partial charge on any atom is -0.497 e. The summed E-state index contributed by atoms with van der Waals surface area (Å²) >= 11 is 0. The third-order valence-corrected chi connectivity index (χ3v) is 4.69. The zero-order valence-corrected chi connectivity index (χ0v) is 14.7. The average molecular weight is 371 g/mol. The molecule has 0 unspecified atom stereocenters. The van der Waals surface area contributed by atoms with Gasteiger partial charge in [0.2, 0.25) is 0 Å². The van der Waals surface area contributed by atoms with Crippen molar-refractivity contribution in [2.45, 2.75) is 0 Å². The quantitative estimate of drug-likeness (QED) is 0.556. The summed E-state index contributed by atoms with van der Waals surface area (Å²) in [7, 11) is 1.53. The van der Waals surface area contributed by atoms with Crippen molar-refractivity contribution in [2.24, 2.45) is 0 Å². The van der Waals surface area contributed by atoms with E-state index in [1.807, 2.05) is 6.07 Å². The zero-order chi connectivity index (χ0) is 19.3. The lowest BCUT2D eigenvalue weighted by atomic mass is 10.0. The van der Waals surface area contributed by atoms with Crippen LogP contribution < -0.4 is 9.64 Å². The molecule has 8 nitrogen and oxygen atoms in total. The minimum atomic E-state index is -0.430. The van der Waals surface area contributed by atoms with Crippen LogP contribution in [0.3, 0.4) is 0 Å². The summed E-state index contributed by atoms with van der Waals surface area (Å²) in [5.74, 6) is -0.301. The van der Waals surface area contributed by atoms with Gasteiger partial charge in [-0.25, -0.2) is 9.88 Å². The number of H-pyrrole nitrogens is 1. The maximum Gasteiger partial charge on any atom is 0.267 e. The molecule has 1 aliphatic heterocycles.